The molecule has 0 bridgehead atoms. The Kier molecular flexibility index (Phi) is 3.97. The normalized spacial score (nSPS) is 10.4. The number of aromatic nitrogens is 1. The molecule has 0 aliphatic heterocycles. The van der Waals surface area contributed by atoms with E-state index in [2.05, 4.69) is 81.5 Å². The third kappa shape index (κ3) is 3.07. The molecule has 0 aliphatic rings. The Hall–Kier alpha value is -1.42. The minimum absolute atomic E-state index is 0.831. The quantitative estimate of drug-likeness (QED) is 0.933. The maximum atomic E-state index is 3.51. The number of aryl methyl sites for hydroxylation is 1. The van der Waals surface area contributed by atoms with Crippen LogP contribution >= 0.6 is 15.9 Å². The van der Waals surface area contributed by atoms with Gasteiger partial charge in [0.15, 0.2) is 0 Å². The summed E-state index contributed by atoms with van der Waals surface area (Å²) in [5.41, 5.74) is 3.61. The lowest BCUT2D eigenvalue weighted by Gasteiger charge is -2.18. The molecule has 96 valence electrons. The molecule has 0 spiro atoms. The van der Waals surface area contributed by atoms with E-state index in [1.54, 1.807) is 0 Å². The number of rotatable bonds is 4. The van der Waals surface area contributed by atoms with Gasteiger partial charge in [0.2, 0.25) is 0 Å². The van der Waals surface area contributed by atoms with Gasteiger partial charge in [0.1, 0.15) is 0 Å². The van der Waals surface area contributed by atoms with E-state index < -0.39 is 0 Å². The minimum atomic E-state index is 0.831. The highest BCUT2D eigenvalue weighted by Gasteiger charge is 2.05. The molecule has 18 heavy (non-hydrogen) atoms. The smallest absolute Gasteiger partial charge is 0.0597 e. The van der Waals surface area contributed by atoms with Crippen LogP contribution in [0.4, 0.5) is 11.4 Å². The highest BCUT2D eigenvalue weighted by Crippen LogP contribution is 2.28. The van der Waals surface area contributed by atoms with Gasteiger partial charge in [-0.1, -0.05) is 15.9 Å². The maximum Gasteiger partial charge on any atom is 0.0597 e. The lowest BCUT2D eigenvalue weighted by molar-refractivity contribution is 0.920. The molecule has 0 radical (unpaired) electrons. The van der Waals surface area contributed by atoms with Crippen molar-refractivity contribution in [3.63, 3.8) is 0 Å². The summed E-state index contributed by atoms with van der Waals surface area (Å²) in [5.74, 6) is 0. The lowest BCUT2D eigenvalue weighted by atomic mass is 10.2. The van der Waals surface area contributed by atoms with E-state index in [4.69, 9.17) is 0 Å². The molecule has 1 heterocycles. The lowest BCUT2D eigenvalue weighted by Crippen LogP contribution is -2.12. The molecular weight excluding hydrogens is 290 g/mol. The van der Waals surface area contributed by atoms with Gasteiger partial charge in [-0.05, 0) is 29.8 Å². The number of anilines is 2. The second-order valence-corrected chi connectivity index (χ2v) is 5.51. The van der Waals surface area contributed by atoms with Crippen LogP contribution in [0.1, 0.15) is 5.56 Å². The molecule has 1 aromatic heterocycles. The molecule has 0 unspecified atom stereocenters. The zero-order valence-electron chi connectivity index (χ0n) is 10.9. The van der Waals surface area contributed by atoms with Crippen molar-refractivity contribution in [2.75, 3.05) is 24.3 Å². The summed E-state index contributed by atoms with van der Waals surface area (Å²) in [5, 5.41) is 3.48. The topological polar surface area (TPSA) is 20.2 Å². The van der Waals surface area contributed by atoms with Gasteiger partial charge in [-0.25, -0.2) is 0 Å². The monoisotopic (exact) mass is 307 g/mol. The Bertz CT molecular complexity index is 532. The van der Waals surface area contributed by atoms with E-state index in [1.807, 2.05) is 7.05 Å². The van der Waals surface area contributed by atoms with Crippen LogP contribution in [0.5, 0.6) is 0 Å². The van der Waals surface area contributed by atoms with E-state index in [-0.39, 0.29) is 0 Å². The van der Waals surface area contributed by atoms with E-state index in [1.165, 1.54) is 11.3 Å². The van der Waals surface area contributed by atoms with Gasteiger partial charge in [0, 0.05) is 44.6 Å². The molecule has 2 aromatic rings. The first-order chi connectivity index (χ1) is 8.56. The van der Waals surface area contributed by atoms with Crippen molar-refractivity contribution in [2.45, 2.75) is 6.54 Å². The summed E-state index contributed by atoms with van der Waals surface area (Å²) in [7, 11) is 6.14. The van der Waals surface area contributed by atoms with Crippen molar-refractivity contribution in [1.29, 1.82) is 0 Å². The number of halogens is 1. The third-order valence-corrected chi connectivity index (χ3v) is 3.31. The van der Waals surface area contributed by atoms with Gasteiger partial charge in [-0.15, -0.1) is 0 Å². The molecule has 0 atom stereocenters. The Labute approximate surface area is 117 Å². The molecule has 0 amide bonds. The van der Waals surface area contributed by atoms with Gasteiger partial charge >= 0.3 is 0 Å². The molecule has 3 nitrogen and oxygen atoms in total. The van der Waals surface area contributed by atoms with Crippen LogP contribution in [0.2, 0.25) is 0 Å². The molecular formula is C14H18BrN3. The molecule has 1 N–H and O–H groups in total. The van der Waals surface area contributed by atoms with Gasteiger partial charge in [0.25, 0.3) is 0 Å². The van der Waals surface area contributed by atoms with Crippen LogP contribution < -0.4 is 10.2 Å². The maximum absolute atomic E-state index is 3.51. The Morgan fingerprint density at radius 3 is 2.67 bits per heavy atom. The SMILES string of the molecule is CN(C)c1ccc(Br)cc1NCc1ccn(C)c1. The van der Waals surface area contributed by atoms with E-state index >= 15 is 0 Å². The van der Waals surface area contributed by atoms with Crippen molar-refractivity contribution < 1.29 is 0 Å². The number of nitrogens with one attached hydrogen (secondary N) is 1. The first kappa shape index (κ1) is 13.0. The fourth-order valence-electron chi connectivity index (χ4n) is 1.90. The molecule has 0 saturated carbocycles. The second-order valence-electron chi connectivity index (χ2n) is 4.59. The molecule has 0 aliphatic carbocycles. The second kappa shape index (κ2) is 5.48. The number of benzene rings is 1. The average molecular weight is 308 g/mol. The van der Waals surface area contributed by atoms with Gasteiger partial charge in [-0.2, -0.15) is 0 Å². The predicted molar refractivity (Wildman–Crippen MR) is 81.2 cm³/mol. The van der Waals surface area contributed by atoms with Gasteiger partial charge in [0.05, 0.1) is 11.4 Å². The minimum Gasteiger partial charge on any atom is -0.379 e. The summed E-state index contributed by atoms with van der Waals surface area (Å²) in [6, 6.07) is 8.40. The summed E-state index contributed by atoms with van der Waals surface area (Å²) < 4.78 is 3.15. The predicted octanol–water partition coefficient (Wildman–Crippen LogP) is 3.47. The highest BCUT2D eigenvalue weighted by molar-refractivity contribution is 9.10. The van der Waals surface area contributed by atoms with Crippen molar-refractivity contribution >= 4 is 27.3 Å². The van der Waals surface area contributed by atoms with Crippen LogP contribution in [0, 0.1) is 0 Å². The van der Waals surface area contributed by atoms with Crippen molar-refractivity contribution in [1.82, 2.24) is 4.57 Å². The number of hydrogen-bond donors (Lipinski definition) is 1. The summed E-state index contributed by atoms with van der Waals surface area (Å²) in [6.07, 6.45) is 4.19. The fourth-order valence-corrected chi connectivity index (χ4v) is 2.26. The molecule has 0 saturated heterocycles. The van der Waals surface area contributed by atoms with Crippen LogP contribution in [-0.2, 0) is 13.6 Å². The molecule has 0 fully saturated rings. The number of nitrogens with zero attached hydrogens (tertiary/aromatic N) is 2. The first-order valence-electron chi connectivity index (χ1n) is 5.88. The van der Waals surface area contributed by atoms with Crippen molar-refractivity contribution in [3.05, 3.63) is 46.7 Å². The summed E-state index contributed by atoms with van der Waals surface area (Å²) >= 11 is 3.51. The Morgan fingerprint density at radius 2 is 2.06 bits per heavy atom. The zero-order chi connectivity index (χ0) is 13.1. The third-order valence-electron chi connectivity index (χ3n) is 2.82. The molecule has 2 rings (SSSR count). The highest BCUT2D eigenvalue weighted by atomic mass is 79.9. The van der Waals surface area contributed by atoms with E-state index in [9.17, 15) is 0 Å². The van der Waals surface area contributed by atoms with Crippen LogP contribution in [0.25, 0.3) is 0 Å². The van der Waals surface area contributed by atoms with Crippen LogP contribution in [0.15, 0.2) is 41.1 Å². The average Bonchev–Trinajstić information content (AvgIpc) is 2.72. The fraction of sp³-hybridized carbons (Fsp3) is 0.286. The van der Waals surface area contributed by atoms with Crippen molar-refractivity contribution in [2.24, 2.45) is 7.05 Å². The van der Waals surface area contributed by atoms with E-state index in [0.29, 0.717) is 0 Å². The zero-order valence-corrected chi connectivity index (χ0v) is 12.5. The van der Waals surface area contributed by atoms with Gasteiger partial charge in [-0.3, -0.25) is 0 Å². The largest absolute Gasteiger partial charge is 0.379 e. The number of hydrogen-bond acceptors (Lipinski definition) is 2. The van der Waals surface area contributed by atoms with Crippen LogP contribution in [-0.4, -0.2) is 18.7 Å². The Balaban J connectivity index is 2.15. The summed E-state index contributed by atoms with van der Waals surface area (Å²) in [6.45, 7) is 0.831. The van der Waals surface area contributed by atoms with E-state index in [0.717, 1.165) is 16.7 Å². The Morgan fingerprint density at radius 1 is 1.28 bits per heavy atom. The van der Waals surface area contributed by atoms with Crippen LogP contribution in [0.3, 0.4) is 0 Å². The standard InChI is InChI=1S/C14H18BrN3/c1-17(2)14-5-4-12(15)8-13(14)16-9-11-6-7-18(3)10-11/h4-8,10,16H,9H2,1-3H3. The van der Waals surface area contributed by atoms with Crippen molar-refractivity contribution in [3.8, 4) is 0 Å². The van der Waals surface area contributed by atoms with Gasteiger partial charge < -0.3 is 14.8 Å². The molecule has 1 aromatic carbocycles. The molecule has 4 heteroatoms. The summed E-state index contributed by atoms with van der Waals surface area (Å²) in [4.78, 5) is 2.11. The first-order valence-corrected chi connectivity index (χ1v) is 6.67.